The largest absolute Gasteiger partial charge is 1.00 e. The third-order valence-corrected chi connectivity index (χ3v) is 4.70. The molecule has 0 aliphatic rings. The Morgan fingerprint density at radius 1 is 0.913 bits per heavy atom. The maximum absolute atomic E-state index is 11.2. The zero-order chi connectivity index (χ0) is 16.6. The number of unbranched alkanes of at least 4 members (excludes halogenated alkanes) is 7. The molecule has 0 saturated heterocycles. The SMILES string of the molecule is CCCCCCCCCCc1c(O)ccc(O)c1S(=O)(=O)[O-].[Na+]. The first kappa shape index (κ1) is 22.7. The molecule has 1 aromatic carbocycles. The Morgan fingerprint density at radius 3 is 1.91 bits per heavy atom. The molecule has 2 N–H and O–H groups in total. The monoisotopic (exact) mass is 352 g/mol. The minimum atomic E-state index is -4.80. The van der Waals surface area contributed by atoms with Gasteiger partial charge in [-0.1, -0.05) is 51.9 Å². The van der Waals surface area contributed by atoms with Gasteiger partial charge in [-0.25, -0.2) is 8.42 Å². The molecule has 7 heteroatoms. The van der Waals surface area contributed by atoms with Crippen LogP contribution < -0.4 is 29.6 Å². The predicted molar refractivity (Wildman–Crippen MR) is 84.0 cm³/mol. The van der Waals surface area contributed by atoms with Crippen molar-refractivity contribution in [2.75, 3.05) is 0 Å². The van der Waals surface area contributed by atoms with Crippen molar-refractivity contribution in [1.29, 1.82) is 0 Å². The van der Waals surface area contributed by atoms with Crippen molar-refractivity contribution in [3.05, 3.63) is 17.7 Å². The van der Waals surface area contributed by atoms with Crippen molar-refractivity contribution in [3.8, 4) is 11.5 Å². The molecule has 0 aliphatic carbocycles. The van der Waals surface area contributed by atoms with Crippen LogP contribution in [0.2, 0.25) is 0 Å². The fourth-order valence-electron chi connectivity index (χ4n) is 2.56. The first-order chi connectivity index (χ1) is 10.4. The van der Waals surface area contributed by atoms with Gasteiger partial charge in [0.05, 0.1) is 0 Å². The van der Waals surface area contributed by atoms with Crippen LogP contribution in [0, 0.1) is 0 Å². The van der Waals surface area contributed by atoms with Gasteiger partial charge in [-0.15, -0.1) is 0 Å². The molecule has 126 valence electrons. The number of phenols is 2. The fourth-order valence-corrected chi connectivity index (χ4v) is 3.39. The molecule has 0 spiro atoms. The van der Waals surface area contributed by atoms with Gasteiger partial charge in [-0.3, -0.25) is 0 Å². The second kappa shape index (κ2) is 11.3. The van der Waals surface area contributed by atoms with Crippen LogP contribution in [0.15, 0.2) is 17.0 Å². The Hall–Kier alpha value is -0.270. The van der Waals surface area contributed by atoms with Gasteiger partial charge in [-0.2, -0.15) is 0 Å². The summed E-state index contributed by atoms with van der Waals surface area (Å²) in [6, 6.07) is 2.24. The van der Waals surface area contributed by atoms with Gasteiger partial charge in [0, 0.05) is 5.56 Å². The van der Waals surface area contributed by atoms with Crippen LogP contribution in [-0.4, -0.2) is 23.2 Å². The molecule has 5 nitrogen and oxygen atoms in total. The van der Waals surface area contributed by atoms with Gasteiger partial charge < -0.3 is 14.8 Å². The molecule has 23 heavy (non-hydrogen) atoms. The standard InChI is InChI=1S/C16H26O5S.Na/c1-2-3-4-5-6-7-8-9-10-13-14(17)11-12-15(18)16(13)22(19,20)21;/h11-12,17-18H,2-10H2,1H3,(H,19,20,21);/q;+1/p-1. The third kappa shape index (κ3) is 7.90. The van der Waals surface area contributed by atoms with Crippen LogP contribution >= 0.6 is 0 Å². The summed E-state index contributed by atoms with van der Waals surface area (Å²) in [4.78, 5) is -0.685. The Labute approximate surface area is 161 Å². The van der Waals surface area contributed by atoms with E-state index >= 15 is 0 Å². The number of aromatic hydroxyl groups is 2. The summed E-state index contributed by atoms with van der Waals surface area (Å²) in [7, 11) is -4.80. The van der Waals surface area contributed by atoms with E-state index in [9.17, 15) is 23.2 Å². The Bertz CT molecular complexity index is 572. The van der Waals surface area contributed by atoms with Gasteiger partial charge in [0.1, 0.15) is 26.5 Å². The second-order valence-corrected chi connectivity index (χ2v) is 6.91. The van der Waals surface area contributed by atoms with E-state index < -0.39 is 20.8 Å². The summed E-state index contributed by atoms with van der Waals surface area (Å²) in [6.07, 6.45) is 8.93. The summed E-state index contributed by atoms with van der Waals surface area (Å²) >= 11 is 0. The van der Waals surface area contributed by atoms with Gasteiger partial charge in [0.2, 0.25) is 0 Å². The van der Waals surface area contributed by atoms with E-state index in [1.165, 1.54) is 31.7 Å². The smallest absolute Gasteiger partial charge is 0.744 e. The normalized spacial score (nSPS) is 11.2. The minimum Gasteiger partial charge on any atom is -0.744 e. The number of rotatable bonds is 10. The van der Waals surface area contributed by atoms with Crippen molar-refractivity contribution in [3.63, 3.8) is 0 Å². The second-order valence-electron chi connectivity index (χ2n) is 5.59. The van der Waals surface area contributed by atoms with E-state index in [1.807, 2.05) is 0 Å². The van der Waals surface area contributed by atoms with E-state index in [0.29, 0.717) is 6.42 Å². The van der Waals surface area contributed by atoms with Gasteiger partial charge in [0.25, 0.3) is 0 Å². The third-order valence-electron chi connectivity index (χ3n) is 3.75. The fraction of sp³-hybridized carbons (Fsp3) is 0.625. The van der Waals surface area contributed by atoms with E-state index in [0.717, 1.165) is 25.3 Å². The van der Waals surface area contributed by atoms with E-state index in [2.05, 4.69) is 6.92 Å². The topological polar surface area (TPSA) is 97.7 Å². The van der Waals surface area contributed by atoms with Crippen LogP contribution in [0.3, 0.4) is 0 Å². The van der Waals surface area contributed by atoms with E-state index in [-0.39, 0.29) is 47.3 Å². The first-order valence-electron chi connectivity index (χ1n) is 7.87. The molecular formula is C16H25NaO5S. The van der Waals surface area contributed by atoms with Gasteiger partial charge in [0.15, 0.2) is 0 Å². The van der Waals surface area contributed by atoms with Gasteiger partial charge in [-0.05, 0) is 25.0 Å². The zero-order valence-corrected chi connectivity index (χ0v) is 16.9. The molecule has 0 bridgehead atoms. The molecule has 0 atom stereocenters. The molecule has 0 radical (unpaired) electrons. The Balaban J connectivity index is 0.00000484. The minimum absolute atomic E-state index is 0. The summed E-state index contributed by atoms with van der Waals surface area (Å²) in [5.41, 5.74) is 0.0287. The number of hydrogen-bond acceptors (Lipinski definition) is 5. The molecule has 0 aromatic heterocycles. The summed E-state index contributed by atoms with van der Waals surface area (Å²) < 4.78 is 33.7. The van der Waals surface area contributed by atoms with E-state index in [1.54, 1.807) is 0 Å². The van der Waals surface area contributed by atoms with Crippen LogP contribution in [0.1, 0.15) is 63.9 Å². The molecule has 0 fully saturated rings. The van der Waals surface area contributed by atoms with Crippen molar-refractivity contribution in [1.82, 2.24) is 0 Å². The van der Waals surface area contributed by atoms with Crippen LogP contribution in [0.5, 0.6) is 11.5 Å². The molecule has 1 rings (SSSR count). The van der Waals surface area contributed by atoms with Crippen molar-refractivity contribution in [2.24, 2.45) is 0 Å². The van der Waals surface area contributed by atoms with E-state index in [4.69, 9.17) is 0 Å². The van der Waals surface area contributed by atoms with Crippen molar-refractivity contribution < 1.29 is 52.7 Å². The molecule has 0 saturated carbocycles. The molecule has 0 heterocycles. The maximum Gasteiger partial charge on any atom is 1.00 e. The van der Waals surface area contributed by atoms with Crippen LogP contribution in [0.4, 0.5) is 0 Å². The average molecular weight is 352 g/mol. The molecular weight excluding hydrogens is 327 g/mol. The molecule has 0 unspecified atom stereocenters. The number of hydrogen-bond donors (Lipinski definition) is 2. The summed E-state index contributed by atoms with van der Waals surface area (Å²) in [6.45, 7) is 2.17. The Morgan fingerprint density at radius 2 is 1.39 bits per heavy atom. The van der Waals surface area contributed by atoms with Crippen LogP contribution in [0.25, 0.3) is 0 Å². The number of phenolic OH excluding ortho intramolecular Hbond substituents is 2. The van der Waals surface area contributed by atoms with Crippen molar-refractivity contribution in [2.45, 2.75) is 69.6 Å². The predicted octanol–water partition coefficient (Wildman–Crippen LogP) is 0.689. The Kier molecular flexibility index (Phi) is 11.2. The first-order valence-corrected chi connectivity index (χ1v) is 9.28. The maximum atomic E-state index is 11.2. The van der Waals surface area contributed by atoms with Crippen LogP contribution in [-0.2, 0) is 16.5 Å². The molecule has 0 amide bonds. The molecule has 0 aliphatic heterocycles. The number of benzene rings is 1. The van der Waals surface area contributed by atoms with Gasteiger partial charge >= 0.3 is 29.6 Å². The van der Waals surface area contributed by atoms with Crippen molar-refractivity contribution >= 4 is 10.1 Å². The summed E-state index contributed by atoms with van der Waals surface area (Å²) in [5.74, 6) is -0.850. The molecule has 1 aromatic rings. The zero-order valence-electron chi connectivity index (χ0n) is 14.0. The average Bonchev–Trinajstić information content (AvgIpc) is 2.43. The summed E-state index contributed by atoms with van der Waals surface area (Å²) in [5, 5.41) is 19.3. The quantitative estimate of drug-likeness (QED) is 0.279.